The Bertz CT molecular complexity index is 297. The molecule has 0 saturated carbocycles. The van der Waals surface area contributed by atoms with Crippen molar-refractivity contribution < 1.29 is 5.11 Å². The van der Waals surface area contributed by atoms with Crippen LogP contribution in [0.2, 0.25) is 0 Å². The van der Waals surface area contributed by atoms with E-state index < -0.39 is 6.10 Å². The number of hydrogen-bond donors (Lipinski definition) is 3. The molecule has 4 nitrogen and oxygen atoms in total. The first kappa shape index (κ1) is 10.5. The van der Waals surface area contributed by atoms with Gasteiger partial charge in [-0.05, 0) is 5.56 Å². The van der Waals surface area contributed by atoms with Gasteiger partial charge in [0.2, 0.25) is 0 Å². The minimum Gasteiger partial charge on any atom is -0.387 e. The normalized spacial score (nSPS) is 13.7. The number of benzene rings is 1. The zero-order valence-electron chi connectivity index (χ0n) is 8.14. The Morgan fingerprint density at radius 2 is 2.14 bits per heavy atom. The molecule has 0 aromatic heterocycles. The smallest absolute Gasteiger partial charge is 0.188 e. The number of aliphatic hydroxyl groups is 1. The summed E-state index contributed by atoms with van der Waals surface area (Å²) in [6, 6.07) is 9.41. The van der Waals surface area contributed by atoms with E-state index in [2.05, 4.69) is 10.3 Å². The number of aliphatic hydroxyl groups excluding tert-OH is 1. The second kappa shape index (κ2) is 5.24. The molecule has 0 aliphatic carbocycles. The first-order chi connectivity index (χ1) is 6.74. The number of guanidine groups is 1. The van der Waals surface area contributed by atoms with Crippen LogP contribution in [-0.2, 0) is 0 Å². The molecule has 1 aromatic rings. The van der Waals surface area contributed by atoms with Gasteiger partial charge in [-0.15, -0.1) is 0 Å². The standard InChI is InChI=1S/C10H15N3O/c1-12-10(11)13-7-9(14)8-5-3-2-4-6-8/h2-6,9,14H,7H2,1H3,(H3,11,12,13). The highest BCUT2D eigenvalue weighted by Gasteiger charge is 2.05. The van der Waals surface area contributed by atoms with Gasteiger partial charge in [-0.3, -0.25) is 4.99 Å². The van der Waals surface area contributed by atoms with Crippen LogP contribution in [0.5, 0.6) is 0 Å². The lowest BCUT2D eigenvalue weighted by atomic mass is 10.1. The number of nitrogens with two attached hydrogens (primary N) is 1. The molecule has 0 amide bonds. The number of nitrogens with one attached hydrogen (secondary N) is 1. The van der Waals surface area contributed by atoms with Gasteiger partial charge in [0.15, 0.2) is 5.96 Å². The molecular weight excluding hydrogens is 178 g/mol. The zero-order chi connectivity index (χ0) is 10.4. The first-order valence-corrected chi connectivity index (χ1v) is 4.43. The second-order valence-corrected chi connectivity index (χ2v) is 2.92. The molecule has 1 atom stereocenters. The van der Waals surface area contributed by atoms with Crippen molar-refractivity contribution in [1.29, 1.82) is 0 Å². The van der Waals surface area contributed by atoms with E-state index in [0.717, 1.165) is 5.56 Å². The van der Waals surface area contributed by atoms with Crippen molar-refractivity contribution in [1.82, 2.24) is 5.32 Å². The highest BCUT2D eigenvalue weighted by Crippen LogP contribution is 2.09. The van der Waals surface area contributed by atoms with Crippen LogP contribution >= 0.6 is 0 Å². The zero-order valence-corrected chi connectivity index (χ0v) is 8.14. The molecule has 1 aromatic carbocycles. The average molecular weight is 193 g/mol. The fourth-order valence-corrected chi connectivity index (χ4v) is 1.07. The Hall–Kier alpha value is -1.55. The van der Waals surface area contributed by atoms with E-state index >= 15 is 0 Å². The van der Waals surface area contributed by atoms with Crippen molar-refractivity contribution in [3.63, 3.8) is 0 Å². The molecule has 4 heteroatoms. The van der Waals surface area contributed by atoms with E-state index in [1.165, 1.54) is 0 Å². The van der Waals surface area contributed by atoms with E-state index in [4.69, 9.17) is 5.73 Å². The number of nitrogens with zero attached hydrogens (tertiary/aromatic N) is 1. The molecular formula is C10H15N3O. The van der Waals surface area contributed by atoms with Crippen LogP contribution in [0.1, 0.15) is 11.7 Å². The molecule has 14 heavy (non-hydrogen) atoms. The van der Waals surface area contributed by atoms with Crippen molar-refractivity contribution >= 4 is 5.96 Å². The highest BCUT2D eigenvalue weighted by atomic mass is 16.3. The Labute approximate surface area is 83.5 Å². The molecule has 0 aliphatic heterocycles. The van der Waals surface area contributed by atoms with Crippen LogP contribution < -0.4 is 11.1 Å². The van der Waals surface area contributed by atoms with Gasteiger partial charge >= 0.3 is 0 Å². The summed E-state index contributed by atoms with van der Waals surface area (Å²) in [4.78, 5) is 3.73. The number of hydrogen-bond acceptors (Lipinski definition) is 2. The van der Waals surface area contributed by atoms with Gasteiger partial charge in [0.25, 0.3) is 0 Å². The maximum absolute atomic E-state index is 9.69. The fourth-order valence-electron chi connectivity index (χ4n) is 1.07. The quantitative estimate of drug-likeness (QED) is 0.476. The van der Waals surface area contributed by atoms with Gasteiger partial charge < -0.3 is 16.2 Å². The van der Waals surface area contributed by atoms with Gasteiger partial charge in [0.1, 0.15) is 0 Å². The topological polar surface area (TPSA) is 70.6 Å². The predicted octanol–water partition coefficient (Wildman–Crippen LogP) is 0.254. The van der Waals surface area contributed by atoms with Crippen molar-refractivity contribution in [2.75, 3.05) is 13.6 Å². The second-order valence-electron chi connectivity index (χ2n) is 2.92. The first-order valence-electron chi connectivity index (χ1n) is 4.43. The monoisotopic (exact) mass is 193 g/mol. The van der Waals surface area contributed by atoms with E-state index in [9.17, 15) is 5.11 Å². The number of rotatable bonds is 3. The van der Waals surface area contributed by atoms with E-state index in [1.807, 2.05) is 30.3 Å². The summed E-state index contributed by atoms with van der Waals surface area (Å²) in [6.07, 6.45) is -0.559. The van der Waals surface area contributed by atoms with Crippen molar-refractivity contribution in [2.45, 2.75) is 6.10 Å². The third-order valence-electron chi connectivity index (χ3n) is 1.90. The molecule has 0 bridgehead atoms. The van der Waals surface area contributed by atoms with Crippen LogP contribution in [0.3, 0.4) is 0 Å². The van der Waals surface area contributed by atoms with Crippen molar-refractivity contribution in [2.24, 2.45) is 10.7 Å². The van der Waals surface area contributed by atoms with Crippen LogP contribution in [0.25, 0.3) is 0 Å². The molecule has 0 radical (unpaired) electrons. The van der Waals surface area contributed by atoms with E-state index in [1.54, 1.807) is 7.05 Å². The van der Waals surface area contributed by atoms with Crippen molar-refractivity contribution in [3.05, 3.63) is 35.9 Å². The van der Waals surface area contributed by atoms with E-state index in [0.29, 0.717) is 12.5 Å². The molecule has 4 N–H and O–H groups in total. The lowest BCUT2D eigenvalue weighted by Gasteiger charge is -2.11. The Kier molecular flexibility index (Phi) is 3.94. The molecule has 1 rings (SSSR count). The van der Waals surface area contributed by atoms with Crippen LogP contribution in [-0.4, -0.2) is 24.7 Å². The summed E-state index contributed by atoms with van der Waals surface area (Å²) in [5.41, 5.74) is 6.29. The third-order valence-corrected chi connectivity index (χ3v) is 1.90. The average Bonchev–Trinajstić information content (AvgIpc) is 2.26. The van der Waals surface area contributed by atoms with Gasteiger partial charge in [-0.1, -0.05) is 30.3 Å². The maximum atomic E-state index is 9.69. The summed E-state index contributed by atoms with van der Waals surface area (Å²) in [6.45, 7) is 0.368. The molecule has 0 aliphatic rings. The molecule has 0 fully saturated rings. The summed E-state index contributed by atoms with van der Waals surface area (Å²) >= 11 is 0. The summed E-state index contributed by atoms with van der Waals surface area (Å²) in [7, 11) is 1.59. The number of aliphatic imine (C=N–C) groups is 1. The van der Waals surface area contributed by atoms with E-state index in [-0.39, 0.29) is 0 Å². The maximum Gasteiger partial charge on any atom is 0.188 e. The minimum atomic E-state index is -0.559. The summed E-state index contributed by atoms with van der Waals surface area (Å²) in [5.74, 6) is 0.333. The Morgan fingerprint density at radius 1 is 1.50 bits per heavy atom. The Morgan fingerprint density at radius 3 is 2.71 bits per heavy atom. The molecule has 1 unspecified atom stereocenters. The van der Waals surface area contributed by atoms with Gasteiger partial charge in [-0.2, -0.15) is 0 Å². The highest BCUT2D eigenvalue weighted by molar-refractivity contribution is 5.77. The summed E-state index contributed by atoms with van der Waals surface area (Å²) in [5, 5.41) is 12.5. The van der Waals surface area contributed by atoms with Gasteiger partial charge in [-0.25, -0.2) is 0 Å². The fraction of sp³-hybridized carbons (Fsp3) is 0.300. The van der Waals surface area contributed by atoms with Crippen LogP contribution in [0.15, 0.2) is 35.3 Å². The molecule has 0 heterocycles. The SMILES string of the molecule is CN=C(N)NCC(O)c1ccccc1. The molecule has 0 spiro atoms. The lowest BCUT2D eigenvalue weighted by Crippen LogP contribution is -2.34. The summed E-state index contributed by atoms with van der Waals surface area (Å²) < 4.78 is 0. The largest absolute Gasteiger partial charge is 0.387 e. The van der Waals surface area contributed by atoms with Gasteiger partial charge in [0, 0.05) is 13.6 Å². The van der Waals surface area contributed by atoms with Crippen molar-refractivity contribution in [3.8, 4) is 0 Å². The predicted molar refractivity (Wildman–Crippen MR) is 57.0 cm³/mol. The molecule has 76 valence electrons. The third kappa shape index (κ3) is 3.06. The van der Waals surface area contributed by atoms with Gasteiger partial charge in [0.05, 0.1) is 6.10 Å². The lowest BCUT2D eigenvalue weighted by molar-refractivity contribution is 0.181. The van der Waals surface area contributed by atoms with Crippen LogP contribution in [0.4, 0.5) is 0 Å². The van der Waals surface area contributed by atoms with Crippen LogP contribution in [0, 0.1) is 0 Å². The minimum absolute atomic E-state index is 0.333. The molecule has 0 saturated heterocycles. The Balaban J connectivity index is 2.47.